The minimum Gasteiger partial charge on any atom is -0.457 e. The quantitative estimate of drug-likeness (QED) is 0.0594. The van der Waals surface area contributed by atoms with Crippen molar-refractivity contribution in [2.24, 2.45) is 0 Å². The molecule has 0 amide bonds. The van der Waals surface area contributed by atoms with E-state index in [0.29, 0.717) is 17.5 Å². The third-order valence-corrected chi connectivity index (χ3v) is 9.85. The Balaban J connectivity index is 1.62. The van der Waals surface area contributed by atoms with Crippen LogP contribution in [0.2, 0.25) is 0 Å². The van der Waals surface area contributed by atoms with Gasteiger partial charge in [-0.15, -0.1) is 0 Å². The standard InChI is InChI=1S/C30H59NO7P/c1-7-8-9-10-11-12-13-14-15-16-17-18-19-20-23-34-25(2)30(35-27(4)32)26(3)36-39(33)37-28-21-22-31(5,6)29(24-28)38-39/h25-26,28-30H,7-24H2,1-6H3/q+1. The monoisotopic (exact) mass is 576 g/mol. The minimum atomic E-state index is -3.79. The highest BCUT2D eigenvalue weighted by Crippen LogP contribution is 2.59. The van der Waals surface area contributed by atoms with Gasteiger partial charge in [-0.1, -0.05) is 90.4 Å². The summed E-state index contributed by atoms with van der Waals surface area (Å²) in [5.41, 5.74) is 0. The van der Waals surface area contributed by atoms with Gasteiger partial charge in [0.25, 0.3) is 0 Å². The molecule has 2 fully saturated rings. The predicted molar refractivity (Wildman–Crippen MR) is 155 cm³/mol. The zero-order valence-electron chi connectivity index (χ0n) is 25.9. The maximum absolute atomic E-state index is 13.4. The number of esters is 1. The second-order valence-corrected chi connectivity index (χ2v) is 13.8. The lowest BCUT2D eigenvalue weighted by atomic mass is 10.0. The molecule has 8 nitrogen and oxygen atoms in total. The van der Waals surface area contributed by atoms with E-state index in [0.717, 1.165) is 25.8 Å². The molecule has 2 heterocycles. The summed E-state index contributed by atoms with van der Waals surface area (Å²) in [6.45, 7) is 8.71. The number of carbonyl (C=O) groups is 1. The van der Waals surface area contributed by atoms with E-state index in [1.807, 2.05) is 6.92 Å². The number of likely N-dealkylation sites (tertiary alicyclic amines) is 1. The van der Waals surface area contributed by atoms with Crippen LogP contribution < -0.4 is 0 Å². The summed E-state index contributed by atoms with van der Waals surface area (Å²) in [6.07, 6.45) is 17.6. The number of fused-ring (bicyclic) bond motifs is 2. The van der Waals surface area contributed by atoms with Crippen molar-refractivity contribution in [3.8, 4) is 0 Å². The van der Waals surface area contributed by atoms with Gasteiger partial charge in [-0.25, -0.2) is 9.09 Å². The second-order valence-electron chi connectivity index (χ2n) is 12.3. The van der Waals surface area contributed by atoms with E-state index in [9.17, 15) is 9.36 Å². The molecule has 0 N–H and O–H groups in total. The van der Waals surface area contributed by atoms with Gasteiger partial charge in [0.1, 0.15) is 6.10 Å². The van der Waals surface area contributed by atoms with Gasteiger partial charge in [-0.3, -0.25) is 13.8 Å². The van der Waals surface area contributed by atoms with Crippen LogP contribution in [-0.4, -0.2) is 68.3 Å². The Labute approximate surface area is 239 Å². The topological polar surface area (TPSA) is 80.3 Å². The van der Waals surface area contributed by atoms with Crippen LogP contribution in [0.1, 0.15) is 130 Å². The summed E-state index contributed by atoms with van der Waals surface area (Å²) in [7, 11) is 0.339. The van der Waals surface area contributed by atoms with E-state index in [4.69, 9.17) is 23.0 Å². The molecule has 2 aliphatic heterocycles. The van der Waals surface area contributed by atoms with E-state index in [2.05, 4.69) is 21.0 Å². The van der Waals surface area contributed by atoms with Crippen LogP contribution in [-0.2, 0) is 32.4 Å². The first-order chi connectivity index (χ1) is 18.6. The van der Waals surface area contributed by atoms with Crippen molar-refractivity contribution >= 4 is 13.8 Å². The molecule has 0 aromatic carbocycles. The van der Waals surface area contributed by atoms with Crippen LogP contribution in [0.3, 0.4) is 0 Å². The third-order valence-electron chi connectivity index (χ3n) is 8.20. The molecule has 9 heteroatoms. The van der Waals surface area contributed by atoms with Crippen LogP contribution in [0.4, 0.5) is 0 Å². The van der Waals surface area contributed by atoms with E-state index in [-0.39, 0.29) is 12.3 Å². The SMILES string of the molecule is CCCCCCCCCCCCCCCCOC(C)C(OC(C)=O)C(C)OP1(=O)OC2CC[N+](C)(C)C(C2)O1. The molecular weight excluding hydrogens is 517 g/mol. The van der Waals surface area contributed by atoms with Crippen LogP contribution in [0.25, 0.3) is 0 Å². The molecule has 0 radical (unpaired) electrons. The number of phosphoric acid groups is 1. The highest BCUT2D eigenvalue weighted by atomic mass is 31.2. The molecule has 6 unspecified atom stereocenters. The maximum atomic E-state index is 13.4. The van der Waals surface area contributed by atoms with E-state index in [1.165, 1.54) is 84.0 Å². The van der Waals surface area contributed by atoms with Crippen molar-refractivity contribution in [1.29, 1.82) is 0 Å². The number of ether oxygens (including phenoxy) is 2. The van der Waals surface area contributed by atoms with Crippen molar-refractivity contribution in [2.45, 2.75) is 161 Å². The summed E-state index contributed by atoms with van der Waals surface area (Å²) in [4.78, 5) is 11.8. The van der Waals surface area contributed by atoms with Crippen molar-refractivity contribution in [2.75, 3.05) is 27.2 Å². The fraction of sp³-hybridized carbons (Fsp3) is 0.967. The summed E-state index contributed by atoms with van der Waals surface area (Å²) in [5, 5.41) is 0. The maximum Gasteiger partial charge on any atom is 0.480 e. The van der Waals surface area contributed by atoms with Gasteiger partial charge in [0, 0.05) is 20.0 Å². The Morgan fingerprint density at radius 1 is 0.872 bits per heavy atom. The van der Waals surface area contributed by atoms with Crippen LogP contribution in [0.15, 0.2) is 0 Å². The number of rotatable bonds is 21. The molecule has 2 saturated heterocycles. The first kappa shape index (κ1) is 34.7. The van der Waals surface area contributed by atoms with Crippen molar-refractivity contribution in [3.05, 3.63) is 0 Å². The molecule has 0 aliphatic carbocycles. The molecule has 0 spiro atoms. The van der Waals surface area contributed by atoms with E-state index >= 15 is 0 Å². The molecule has 0 saturated carbocycles. The summed E-state index contributed by atoms with van der Waals surface area (Å²) in [6, 6.07) is 0. The average Bonchev–Trinajstić information content (AvgIpc) is 2.87. The van der Waals surface area contributed by atoms with Crippen molar-refractivity contribution in [1.82, 2.24) is 0 Å². The zero-order valence-corrected chi connectivity index (χ0v) is 26.8. The zero-order chi connectivity index (χ0) is 28.7. The van der Waals surface area contributed by atoms with Crippen LogP contribution >= 0.6 is 7.82 Å². The lowest BCUT2D eigenvalue weighted by molar-refractivity contribution is -0.941. The number of quaternary nitrogens is 1. The normalized spacial score (nSPS) is 26.6. The molecule has 6 atom stereocenters. The Morgan fingerprint density at radius 2 is 1.41 bits per heavy atom. The first-order valence-electron chi connectivity index (χ1n) is 15.8. The smallest absolute Gasteiger partial charge is 0.457 e. The van der Waals surface area contributed by atoms with Crippen molar-refractivity contribution in [3.63, 3.8) is 0 Å². The van der Waals surface area contributed by atoms with Gasteiger partial charge in [-0.2, -0.15) is 0 Å². The Bertz CT molecular complexity index is 734. The van der Waals surface area contributed by atoms with Crippen molar-refractivity contribution < 1.29 is 36.9 Å². The highest BCUT2D eigenvalue weighted by Gasteiger charge is 2.51. The lowest BCUT2D eigenvalue weighted by Crippen LogP contribution is -2.58. The Hall–Kier alpha value is -0.500. The van der Waals surface area contributed by atoms with E-state index < -0.39 is 32.1 Å². The van der Waals surface area contributed by atoms with Gasteiger partial charge in [0.2, 0.25) is 6.23 Å². The average molecular weight is 577 g/mol. The molecule has 230 valence electrons. The van der Waals surface area contributed by atoms with Gasteiger partial charge in [0.15, 0.2) is 6.10 Å². The second kappa shape index (κ2) is 18.1. The van der Waals surface area contributed by atoms with Gasteiger partial charge in [0.05, 0.1) is 39.3 Å². The van der Waals surface area contributed by atoms with Gasteiger partial charge in [-0.05, 0) is 20.3 Å². The summed E-state index contributed by atoms with van der Waals surface area (Å²) in [5.74, 6) is -0.430. The fourth-order valence-corrected chi connectivity index (χ4v) is 7.48. The fourth-order valence-electron chi connectivity index (χ4n) is 5.61. The molecule has 2 aliphatic rings. The number of hydrogen-bond donors (Lipinski definition) is 0. The number of nitrogens with zero attached hydrogens (tertiary/aromatic N) is 1. The number of phosphoric ester groups is 1. The molecule has 0 aromatic rings. The molecule has 39 heavy (non-hydrogen) atoms. The van der Waals surface area contributed by atoms with Gasteiger partial charge < -0.3 is 14.0 Å². The third kappa shape index (κ3) is 13.3. The number of unbranched alkanes of at least 4 members (excludes halogenated alkanes) is 13. The molecular formula is C30H59NO7P+. The predicted octanol–water partition coefficient (Wildman–Crippen LogP) is 7.93. The largest absolute Gasteiger partial charge is 0.480 e. The highest BCUT2D eigenvalue weighted by molar-refractivity contribution is 7.48. The van der Waals surface area contributed by atoms with E-state index in [1.54, 1.807) is 6.92 Å². The summed E-state index contributed by atoms with van der Waals surface area (Å²) >= 11 is 0. The molecule has 2 bridgehead atoms. The number of hydrogen-bond acceptors (Lipinski definition) is 7. The van der Waals surface area contributed by atoms with Crippen LogP contribution in [0.5, 0.6) is 0 Å². The van der Waals surface area contributed by atoms with Crippen LogP contribution in [0, 0.1) is 0 Å². The Kier molecular flexibility index (Phi) is 16.1. The van der Waals surface area contributed by atoms with Gasteiger partial charge >= 0.3 is 13.8 Å². The Morgan fingerprint density at radius 3 is 1.95 bits per heavy atom. The minimum absolute atomic E-state index is 0.144. The number of carbonyl (C=O) groups excluding carboxylic acids is 1. The lowest BCUT2D eigenvalue weighted by Gasteiger charge is -2.47. The first-order valence-corrected chi connectivity index (χ1v) is 17.3. The molecule has 2 rings (SSSR count). The summed E-state index contributed by atoms with van der Waals surface area (Å²) < 4.78 is 43.1. The number of piperidine rings is 1. The molecule has 0 aromatic heterocycles.